The van der Waals surface area contributed by atoms with Gasteiger partial charge >= 0.3 is 5.97 Å². The number of hydrogen-bond acceptors (Lipinski definition) is 3. The van der Waals surface area contributed by atoms with E-state index in [4.69, 9.17) is 0 Å². The van der Waals surface area contributed by atoms with Crippen molar-refractivity contribution >= 4 is 28.5 Å². The quantitative estimate of drug-likeness (QED) is 0.646. The molecule has 1 aromatic heterocycles. The summed E-state index contributed by atoms with van der Waals surface area (Å²) in [7, 11) is 0. The number of hydrogen-bond donors (Lipinski definition) is 3. The van der Waals surface area contributed by atoms with Gasteiger partial charge in [-0.05, 0) is 24.3 Å². The number of phenolic OH excluding ortho intramolecular Hbond substituents is 1. The van der Waals surface area contributed by atoms with E-state index in [0.717, 1.165) is 5.39 Å². The number of nitrogens with zero attached hydrogens (tertiary/aromatic N) is 1. The maximum absolute atomic E-state index is 12.2. The van der Waals surface area contributed by atoms with Crippen molar-refractivity contribution in [1.29, 1.82) is 0 Å². The van der Waals surface area contributed by atoms with Crippen molar-refractivity contribution in [3.63, 3.8) is 0 Å². The van der Waals surface area contributed by atoms with Crippen LogP contribution in [0.5, 0.6) is 5.75 Å². The van der Waals surface area contributed by atoms with Crippen molar-refractivity contribution in [1.82, 2.24) is 4.57 Å². The van der Waals surface area contributed by atoms with Crippen LogP contribution in [0.25, 0.3) is 10.9 Å². The Hall–Kier alpha value is -3.28. The van der Waals surface area contributed by atoms with Crippen LogP contribution in [0.1, 0.15) is 10.4 Å². The van der Waals surface area contributed by atoms with E-state index in [1.165, 1.54) is 12.1 Å². The highest BCUT2D eigenvalue weighted by Crippen LogP contribution is 2.23. The molecule has 3 aromatic rings. The van der Waals surface area contributed by atoms with Crippen molar-refractivity contribution in [2.45, 2.75) is 6.54 Å². The molecule has 0 aliphatic carbocycles. The molecule has 0 aliphatic heterocycles. The Balaban J connectivity index is 1.88. The summed E-state index contributed by atoms with van der Waals surface area (Å²) in [5, 5.41) is 22.3. The van der Waals surface area contributed by atoms with Crippen LogP contribution in [0.4, 0.5) is 5.69 Å². The molecule has 0 unspecified atom stereocenters. The molecule has 1 amide bonds. The van der Waals surface area contributed by atoms with E-state index in [1.807, 2.05) is 0 Å². The molecule has 0 bridgehead atoms. The lowest BCUT2D eigenvalue weighted by molar-refractivity contribution is -0.116. The molecule has 3 rings (SSSR count). The third-order valence-corrected chi connectivity index (χ3v) is 3.51. The Bertz CT molecular complexity index is 898. The van der Waals surface area contributed by atoms with Crippen LogP contribution in [0.15, 0.2) is 54.7 Å². The van der Waals surface area contributed by atoms with E-state index in [9.17, 15) is 19.8 Å². The van der Waals surface area contributed by atoms with Gasteiger partial charge in [0.15, 0.2) is 0 Å². The summed E-state index contributed by atoms with van der Waals surface area (Å²) in [5.74, 6) is -1.43. The minimum absolute atomic E-state index is 0.0237. The fourth-order valence-electron chi connectivity index (χ4n) is 2.49. The number of carboxylic acid groups (broad SMARTS) is 1. The Kier molecular flexibility index (Phi) is 3.72. The van der Waals surface area contributed by atoms with Crippen LogP contribution in [-0.4, -0.2) is 26.7 Å². The molecule has 2 aromatic carbocycles. The maximum atomic E-state index is 12.2. The molecule has 0 saturated carbocycles. The number of aromatic carboxylic acids is 1. The van der Waals surface area contributed by atoms with E-state index >= 15 is 0 Å². The number of aromatic nitrogens is 1. The SMILES string of the molecule is O=C(Cn1ccc2cccc(C(=O)O)c21)Nc1ccccc1O. The van der Waals surface area contributed by atoms with Crippen LogP contribution >= 0.6 is 0 Å². The summed E-state index contributed by atoms with van der Waals surface area (Å²) in [6, 6.07) is 13.1. The van der Waals surface area contributed by atoms with Crippen molar-refractivity contribution in [3.05, 3.63) is 60.3 Å². The Morgan fingerprint density at radius 1 is 1.04 bits per heavy atom. The Morgan fingerprint density at radius 3 is 2.57 bits per heavy atom. The summed E-state index contributed by atoms with van der Waals surface area (Å²) in [5.41, 5.74) is 0.947. The first kappa shape index (κ1) is 14.6. The number of benzene rings is 2. The first-order valence-electron chi connectivity index (χ1n) is 6.95. The fraction of sp³-hybridized carbons (Fsp3) is 0.0588. The number of para-hydroxylation sites is 3. The standard InChI is InChI=1S/C17H14N2O4/c20-14-7-2-1-6-13(14)18-15(21)10-19-9-8-11-4-3-5-12(16(11)19)17(22)23/h1-9,20H,10H2,(H,18,21)(H,22,23). The van der Waals surface area contributed by atoms with Gasteiger partial charge in [0.25, 0.3) is 0 Å². The van der Waals surface area contributed by atoms with Crippen LogP contribution in [0.2, 0.25) is 0 Å². The minimum Gasteiger partial charge on any atom is -0.506 e. The number of amides is 1. The highest BCUT2D eigenvalue weighted by atomic mass is 16.4. The number of rotatable bonds is 4. The van der Waals surface area contributed by atoms with Gasteiger partial charge in [-0.3, -0.25) is 4.79 Å². The smallest absolute Gasteiger partial charge is 0.337 e. The second-order valence-electron chi connectivity index (χ2n) is 5.06. The van der Waals surface area contributed by atoms with Gasteiger partial charge in [0.2, 0.25) is 5.91 Å². The molecule has 0 spiro atoms. The number of nitrogens with one attached hydrogen (secondary N) is 1. The topological polar surface area (TPSA) is 91.6 Å². The zero-order valence-corrected chi connectivity index (χ0v) is 12.1. The predicted octanol–water partition coefficient (Wildman–Crippen LogP) is 2.68. The maximum Gasteiger partial charge on any atom is 0.337 e. The van der Waals surface area contributed by atoms with Gasteiger partial charge in [-0.1, -0.05) is 24.3 Å². The molecule has 6 nitrogen and oxygen atoms in total. The van der Waals surface area contributed by atoms with Gasteiger partial charge in [-0.15, -0.1) is 0 Å². The number of carbonyl (C=O) groups is 2. The largest absolute Gasteiger partial charge is 0.506 e. The lowest BCUT2D eigenvalue weighted by Gasteiger charge is -2.10. The van der Waals surface area contributed by atoms with E-state index in [-0.39, 0.29) is 23.8 Å². The van der Waals surface area contributed by atoms with Gasteiger partial charge in [0.05, 0.1) is 16.8 Å². The highest BCUT2D eigenvalue weighted by molar-refractivity contribution is 6.03. The zero-order chi connectivity index (χ0) is 16.4. The average Bonchev–Trinajstić information content (AvgIpc) is 2.92. The summed E-state index contributed by atoms with van der Waals surface area (Å²) < 4.78 is 1.58. The Labute approximate surface area is 131 Å². The summed E-state index contributed by atoms with van der Waals surface area (Å²) in [4.78, 5) is 23.5. The molecule has 0 saturated heterocycles. The van der Waals surface area contributed by atoms with Gasteiger partial charge in [-0.25, -0.2) is 4.79 Å². The van der Waals surface area contributed by atoms with Crippen LogP contribution in [0.3, 0.4) is 0 Å². The molecular formula is C17H14N2O4. The summed E-state index contributed by atoms with van der Waals surface area (Å²) in [6.07, 6.45) is 1.67. The third-order valence-electron chi connectivity index (χ3n) is 3.51. The monoisotopic (exact) mass is 310 g/mol. The number of carboxylic acids is 1. The van der Waals surface area contributed by atoms with Gasteiger partial charge < -0.3 is 20.1 Å². The van der Waals surface area contributed by atoms with Crippen molar-refractivity contribution in [3.8, 4) is 5.75 Å². The first-order valence-corrected chi connectivity index (χ1v) is 6.95. The number of anilines is 1. The fourth-order valence-corrected chi connectivity index (χ4v) is 2.49. The van der Waals surface area contributed by atoms with E-state index in [1.54, 1.807) is 47.2 Å². The Morgan fingerprint density at radius 2 is 1.83 bits per heavy atom. The second-order valence-corrected chi connectivity index (χ2v) is 5.06. The molecule has 0 aliphatic rings. The number of fused-ring (bicyclic) bond motifs is 1. The molecule has 23 heavy (non-hydrogen) atoms. The van der Waals surface area contributed by atoms with Crippen molar-refractivity contribution in [2.24, 2.45) is 0 Å². The van der Waals surface area contributed by atoms with Gasteiger partial charge in [0, 0.05) is 11.6 Å². The molecular weight excluding hydrogens is 296 g/mol. The molecule has 1 heterocycles. The van der Waals surface area contributed by atoms with Crippen LogP contribution in [-0.2, 0) is 11.3 Å². The summed E-state index contributed by atoms with van der Waals surface area (Å²) >= 11 is 0. The lowest BCUT2D eigenvalue weighted by atomic mass is 10.1. The second kappa shape index (κ2) is 5.84. The van der Waals surface area contributed by atoms with E-state index in [0.29, 0.717) is 11.2 Å². The van der Waals surface area contributed by atoms with E-state index < -0.39 is 5.97 Å². The molecule has 0 atom stereocenters. The molecule has 0 radical (unpaired) electrons. The van der Waals surface area contributed by atoms with Crippen LogP contribution in [0, 0.1) is 0 Å². The van der Waals surface area contributed by atoms with Gasteiger partial charge in [0.1, 0.15) is 12.3 Å². The summed E-state index contributed by atoms with van der Waals surface area (Å²) in [6.45, 7) is -0.0534. The number of carbonyl (C=O) groups excluding carboxylic acids is 1. The van der Waals surface area contributed by atoms with E-state index in [2.05, 4.69) is 5.32 Å². The van der Waals surface area contributed by atoms with Crippen molar-refractivity contribution < 1.29 is 19.8 Å². The van der Waals surface area contributed by atoms with Gasteiger partial charge in [-0.2, -0.15) is 0 Å². The van der Waals surface area contributed by atoms with Crippen LogP contribution < -0.4 is 5.32 Å². The highest BCUT2D eigenvalue weighted by Gasteiger charge is 2.14. The number of phenols is 1. The first-order chi connectivity index (χ1) is 11.1. The average molecular weight is 310 g/mol. The molecule has 6 heteroatoms. The third kappa shape index (κ3) is 2.87. The zero-order valence-electron chi connectivity index (χ0n) is 12.1. The minimum atomic E-state index is -1.04. The normalized spacial score (nSPS) is 10.6. The molecule has 3 N–H and O–H groups in total. The van der Waals surface area contributed by atoms with Crippen molar-refractivity contribution in [2.75, 3.05) is 5.32 Å². The molecule has 0 fully saturated rings. The molecule has 116 valence electrons. The predicted molar refractivity (Wildman–Crippen MR) is 85.6 cm³/mol. The number of aromatic hydroxyl groups is 1. The lowest BCUT2D eigenvalue weighted by Crippen LogP contribution is -2.18.